The molecule has 1 aliphatic heterocycles. The van der Waals surface area contributed by atoms with Crippen LogP contribution in [-0.4, -0.2) is 25.3 Å². The van der Waals surface area contributed by atoms with E-state index in [-0.39, 0.29) is 17.3 Å². The van der Waals surface area contributed by atoms with E-state index in [1.165, 1.54) is 12.1 Å². The Kier molecular flexibility index (Phi) is 5.28. The predicted molar refractivity (Wildman–Crippen MR) is 115 cm³/mol. The van der Waals surface area contributed by atoms with Crippen LogP contribution in [0.4, 0.5) is 10.1 Å². The lowest BCUT2D eigenvalue weighted by molar-refractivity contribution is -0.132. The van der Waals surface area contributed by atoms with E-state index in [1.807, 2.05) is 19.1 Å². The van der Waals surface area contributed by atoms with Crippen molar-refractivity contribution in [3.8, 4) is 11.1 Å². The number of carbonyl (C=O) groups excluding carboxylic acids is 2. The first-order valence-corrected chi connectivity index (χ1v) is 10.8. The number of halogens is 1. The van der Waals surface area contributed by atoms with Crippen LogP contribution in [0.3, 0.4) is 0 Å². The highest BCUT2D eigenvalue weighted by atomic mass is 32.2. The van der Waals surface area contributed by atoms with Gasteiger partial charge < -0.3 is 5.73 Å². The number of carbonyl (C=O) groups is 2. The standard InChI is InChI=1S/C23H26FNO3S/c1-6-13-7-8-14(15-9-10-18(25)17(24)12-15)11-16(13)19-20(26)22(2,3)29(28)23(4,5)21(19)27/h7-12,19H,6,25H2,1-5H3. The Hall–Kier alpha value is -2.34. The van der Waals surface area contributed by atoms with Gasteiger partial charge in [-0.2, -0.15) is 0 Å². The van der Waals surface area contributed by atoms with Crippen LogP contribution in [0.15, 0.2) is 36.4 Å². The Balaban J connectivity index is 2.20. The summed E-state index contributed by atoms with van der Waals surface area (Å²) in [5, 5.41) is 0. The number of nitrogens with two attached hydrogens (primary N) is 1. The molecule has 6 heteroatoms. The second kappa shape index (κ2) is 7.17. The number of benzene rings is 2. The number of anilines is 1. The van der Waals surface area contributed by atoms with Gasteiger partial charge in [-0.1, -0.05) is 25.1 Å². The smallest absolute Gasteiger partial charge is 0.165 e. The van der Waals surface area contributed by atoms with Crippen LogP contribution in [-0.2, 0) is 26.8 Å². The van der Waals surface area contributed by atoms with Crippen LogP contribution >= 0.6 is 0 Å². The second-order valence-electron chi connectivity index (χ2n) is 8.45. The van der Waals surface area contributed by atoms with Gasteiger partial charge in [0.15, 0.2) is 11.6 Å². The number of aryl methyl sites for hydroxylation is 1. The van der Waals surface area contributed by atoms with Gasteiger partial charge in [-0.25, -0.2) is 4.39 Å². The average Bonchev–Trinajstić information content (AvgIpc) is 2.68. The summed E-state index contributed by atoms with van der Waals surface area (Å²) in [5.41, 5.74) is 8.41. The molecule has 0 saturated carbocycles. The first kappa shape index (κ1) is 21.4. The summed E-state index contributed by atoms with van der Waals surface area (Å²) in [5.74, 6) is -2.19. The topological polar surface area (TPSA) is 77.2 Å². The fraction of sp³-hybridized carbons (Fsp3) is 0.391. The summed E-state index contributed by atoms with van der Waals surface area (Å²) in [4.78, 5) is 26.6. The van der Waals surface area contributed by atoms with Crippen LogP contribution in [0.2, 0.25) is 0 Å². The number of Topliss-reactive ketones (excluding diaryl/α,β-unsaturated/α-hetero) is 2. The highest BCUT2D eigenvalue weighted by Crippen LogP contribution is 2.43. The molecule has 0 radical (unpaired) electrons. The van der Waals surface area contributed by atoms with Gasteiger partial charge in [0.05, 0.1) is 5.69 Å². The van der Waals surface area contributed by atoms with Crippen molar-refractivity contribution >= 4 is 28.1 Å². The highest BCUT2D eigenvalue weighted by Gasteiger charge is 2.57. The van der Waals surface area contributed by atoms with Gasteiger partial charge in [0.1, 0.15) is 21.2 Å². The molecule has 1 aliphatic rings. The zero-order chi connectivity index (χ0) is 21.7. The Labute approximate surface area is 173 Å². The van der Waals surface area contributed by atoms with Crippen molar-refractivity contribution in [1.82, 2.24) is 0 Å². The molecule has 0 spiro atoms. The van der Waals surface area contributed by atoms with Gasteiger partial charge in [0, 0.05) is 10.8 Å². The quantitative estimate of drug-likeness (QED) is 0.603. The van der Waals surface area contributed by atoms with Crippen molar-refractivity contribution in [2.75, 3.05) is 5.73 Å². The van der Waals surface area contributed by atoms with Crippen LogP contribution in [0.1, 0.15) is 51.7 Å². The van der Waals surface area contributed by atoms with E-state index < -0.39 is 32.0 Å². The minimum Gasteiger partial charge on any atom is -0.396 e. The summed E-state index contributed by atoms with van der Waals surface area (Å²) < 4.78 is 24.6. The zero-order valence-electron chi connectivity index (χ0n) is 17.3. The van der Waals surface area contributed by atoms with Crippen molar-refractivity contribution in [1.29, 1.82) is 0 Å². The number of nitrogen functional groups attached to an aromatic ring is 1. The van der Waals surface area contributed by atoms with E-state index >= 15 is 0 Å². The Morgan fingerprint density at radius 3 is 2.00 bits per heavy atom. The van der Waals surface area contributed by atoms with Gasteiger partial charge in [0.2, 0.25) is 0 Å². The molecule has 2 N–H and O–H groups in total. The van der Waals surface area contributed by atoms with E-state index in [0.717, 1.165) is 5.56 Å². The number of hydrogen-bond donors (Lipinski definition) is 1. The Morgan fingerprint density at radius 2 is 1.48 bits per heavy atom. The summed E-state index contributed by atoms with van der Waals surface area (Å²) in [7, 11) is -1.63. The summed E-state index contributed by atoms with van der Waals surface area (Å²) >= 11 is 0. The molecule has 4 nitrogen and oxygen atoms in total. The molecule has 29 heavy (non-hydrogen) atoms. The molecule has 0 bridgehead atoms. The number of hydrogen-bond acceptors (Lipinski definition) is 4. The lowest BCUT2D eigenvalue weighted by Gasteiger charge is -2.41. The van der Waals surface area contributed by atoms with Crippen molar-refractivity contribution < 1.29 is 18.2 Å². The number of ketones is 2. The molecule has 154 valence electrons. The van der Waals surface area contributed by atoms with Crippen LogP contribution in [0, 0.1) is 5.82 Å². The van der Waals surface area contributed by atoms with Crippen molar-refractivity contribution in [3.63, 3.8) is 0 Å². The minimum atomic E-state index is -1.63. The van der Waals surface area contributed by atoms with E-state index in [9.17, 15) is 18.2 Å². The molecule has 3 rings (SSSR count). The third-order valence-corrected chi connectivity index (χ3v) is 8.07. The molecule has 1 fully saturated rings. The van der Waals surface area contributed by atoms with E-state index in [0.29, 0.717) is 23.1 Å². The zero-order valence-corrected chi connectivity index (χ0v) is 18.2. The average molecular weight is 416 g/mol. The normalized spacial score (nSPS) is 23.2. The monoisotopic (exact) mass is 415 g/mol. The molecular formula is C23H26FNO3S. The SMILES string of the molecule is CCc1ccc(-c2ccc(N)c(F)c2)cc1C1C(=O)C(C)(C)S(=O)C(C)(C)C1=O. The first-order chi connectivity index (χ1) is 13.4. The maximum atomic E-state index is 14.0. The first-order valence-electron chi connectivity index (χ1n) is 9.61. The van der Waals surface area contributed by atoms with Gasteiger partial charge in [-0.3, -0.25) is 13.8 Å². The van der Waals surface area contributed by atoms with Crippen molar-refractivity contribution in [2.45, 2.75) is 56.5 Å². The van der Waals surface area contributed by atoms with Gasteiger partial charge in [-0.05, 0) is 74.6 Å². The summed E-state index contributed by atoms with van der Waals surface area (Å²) in [6, 6.07) is 10.0. The van der Waals surface area contributed by atoms with Crippen LogP contribution in [0.25, 0.3) is 11.1 Å². The third kappa shape index (κ3) is 3.33. The lowest BCUT2D eigenvalue weighted by Crippen LogP contribution is -2.59. The molecule has 0 unspecified atom stereocenters. The van der Waals surface area contributed by atoms with Crippen LogP contribution < -0.4 is 5.73 Å². The molecule has 0 atom stereocenters. The maximum absolute atomic E-state index is 14.0. The van der Waals surface area contributed by atoms with Gasteiger partial charge >= 0.3 is 0 Å². The highest BCUT2D eigenvalue weighted by molar-refractivity contribution is 7.89. The largest absolute Gasteiger partial charge is 0.396 e. The van der Waals surface area contributed by atoms with E-state index in [2.05, 4.69) is 0 Å². The molecule has 2 aromatic carbocycles. The molecule has 0 aromatic heterocycles. The molecule has 0 aliphatic carbocycles. The molecular weight excluding hydrogens is 389 g/mol. The molecule has 2 aromatic rings. The Bertz CT molecular complexity index is 1010. The predicted octanol–water partition coefficient (Wildman–Crippen LogP) is 4.18. The summed E-state index contributed by atoms with van der Waals surface area (Å²) in [6.07, 6.45) is 0.632. The third-order valence-electron chi connectivity index (χ3n) is 5.81. The lowest BCUT2D eigenvalue weighted by atomic mass is 9.77. The minimum absolute atomic E-state index is 0.0581. The van der Waals surface area contributed by atoms with Gasteiger partial charge in [0.25, 0.3) is 0 Å². The van der Waals surface area contributed by atoms with Crippen LogP contribution in [0.5, 0.6) is 0 Å². The fourth-order valence-corrected chi connectivity index (χ4v) is 5.87. The molecule has 1 heterocycles. The maximum Gasteiger partial charge on any atom is 0.165 e. The summed E-state index contributed by atoms with van der Waals surface area (Å²) in [6.45, 7) is 8.50. The van der Waals surface area contributed by atoms with Gasteiger partial charge in [-0.15, -0.1) is 0 Å². The molecule has 0 amide bonds. The Morgan fingerprint density at radius 1 is 0.966 bits per heavy atom. The van der Waals surface area contributed by atoms with E-state index in [4.69, 9.17) is 5.73 Å². The van der Waals surface area contributed by atoms with E-state index in [1.54, 1.807) is 39.8 Å². The number of rotatable bonds is 3. The fourth-order valence-electron chi connectivity index (χ4n) is 3.99. The van der Waals surface area contributed by atoms with Crippen molar-refractivity contribution in [2.24, 2.45) is 0 Å². The van der Waals surface area contributed by atoms with Crippen molar-refractivity contribution in [3.05, 3.63) is 53.3 Å². The molecule has 1 saturated heterocycles. The second-order valence-corrected chi connectivity index (χ2v) is 11.0.